The SMILES string of the molecule is CC(C)COC1CCC(C)(C)C(O)(C[Si](C)(C)C)C1C. The van der Waals surface area contributed by atoms with Crippen LogP contribution in [0.2, 0.25) is 25.7 Å². The van der Waals surface area contributed by atoms with E-state index in [4.69, 9.17) is 4.74 Å². The Morgan fingerprint density at radius 2 is 1.80 bits per heavy atom. The zero-order chi connectivity index (χ0) is 15.8. The molecule has 3 heteroatoms. The summed E-state index contributed by atoms with van der Waals surface area (Å²) < 4.78 is 6.12. The molecule has 0 aliphatic heterocycles. The molecule has 1 fully saturated rings. The fourth-order valence-corrected chi connectivity index (χ4v) is 6.06. The molecule has 0 heterocycles. The Labute approximate surface area is 127 Å². The van der Waals surface area contributed by atoms with Crippen LogP contribution in [0.15, 0.2) is 0 Å². The first-order valence-electron chi connectivity index (χ1n) is 8.23. The van der Waals surface area contributed by atoms with Crippen molar-refractivity contribution in [2.45, 2.75) is 84.9 Å². The maximum absolute atomic E-state index is 11.5. The van der Waals surface area contributed by atoms with Gasteiger partial charge in [0.15, 0.2) is 0 Å². The Kier molecular flexibility index (Phi) is 5.54. The fraction of sp³-hybridized carbons (Fsp3) is 1.00. The molecular formula is C17H36O2Si. The lowest BCUT2D eigenvalue weighted by Crippen LogP contribution is -2.60. The van der Waals surface area contributed by atoms with Crippen LogP contribution in [-0.2, 0) is 4.74 Å². The molecule has 0 aromatic rings. The second-order valence-electron chi connectivity index (χ2n) is 9.14. The van der Waals surface area contributed by atoms with Crippen LogP contribution >= 0.6 is 0 Å². The van der Waals surface area contributed by atoms with Crippen molar-refractivity contribution in [1.82, 2.24) is 0 Å². The van der Waals surface area contributed by atoms with Crippen molar-refractivity contribution in [2.75, 3.05) is 6.61 Å². The van der Waals surface area contributed by atoms with Crippen LogP contribution in [-0.4, -0.2) is 31.5 Å². The van der Waals surface area contributed by atoms with Gasteiger partial charge >= 0.3 is 0 Å². The first-order valence-corrected chi connectivity index (χ1v) is 11.9. The van der Waals surface area contributed by atoms with Gasteiger partial charge in [0.05, 0.1) is 11.7 Å². The van der Waals surface area contributed by atoms with Gasteiger partial charge in [0.25, 0.3) is 0 Å². The zero-order valence-electron chi connectivity index (χ0n) is 14.9. The van der Waals surface area contributed by atoms with Gasteiger partial charge in [-0.25, -0.2) is 0 Å². The summed E-state index contributed by atoms with van der Waals surface area (Å²) in [6.07, 6.45) is 2.35. The van der Waals surface area contributed by atoms with Gasteiger partial charge in [0.1, 0.15) is 0 Å². The number of aliphatic hydroxyl groups is 1. The number of hydrogen-bond acceptors (Lipinski definition) is 2. The summed E-state index contributed by atoms with van der Waals surface area (Å²) >= 11 is 0. The van der Waals surface area contributed by atoms with Crippen molar-refractivity contribution < 1.29 is 9.84 Å². The van der Waals surface area contributed by atoms with Crippen LogP contribution in [0.1, 0.15) is 47.5 Å². The van der Waals surface area contributed by atoms with Gasteiger partial charge in [-0.2, -0.15) is 0 Å². The second-order valence-corrected chi connectivity index (χ2v) is 14.6. The van der Waals surface area contributed by atoms with Gasteiger partial charge in [-0.1, -0.05) is 54.3 Å². The summed E-state index contributed by atoms with van der Waals surface area (Å²) in [6.45, 7) is 18.9. The first-order chi connectivity index (χ1) is 8.89. The van der Waals surface area contributed by atoms with Gasteiger partial charge in [0.2, 0.25) is 0 Å². The Bertz CT molecular complexity index is 317. The molecule has 3 unspecified atom stereocenters. The Hall–Kier alpha value is 0.137. The van der Waals surface area contributed by atoms with Crippen molar-refractivity contribution in [3.63, 3.8) is 0 Å². The Balaban J connectivity index is 2.91. The molecule has 0 saturated heterocycles. The minimum Gasteiger partial charge on any atom is -0.389 e. The number of rotatable bonds is 5. The molecular weight excluding hydrogens is 264 g/mol. The minimum absolute atomic E-state index is 0.00954. The largest absolute Gasteiger partial charge is 0.389 e. The predicted molar refractivity (Wildman–Crippen MR) is 89.9 cm³/mol. The molecule has 2 nitrogen and oxygen atoms in total. The van der Waals surface area contributed by atoms with Gasteiger partial charge in [-0.3, -0.25) is 0 Å². The van der Waals surface area contributed by atoms with E-state index in [-0.39, 0.29) is 17.4 Å². The summed E-state index contributed by atoms with van der Waals surface area (Å²) in [4.78, 5) is 0. The summed E-state index contributed by atoms with van der Waals surface area (Å²) in [5.41, 5.74) is -0.595. The molecule has 1 aliphatic rings. The third kappa shape index (κ3) is 4.08. The van der Waals surface area contributed by atoms with Gasteiger partial charge in [-0.15, -0.1) is 0 Å². The number of hydrogen-bond donors (Lipinski definition) is 1. The van der Waals surface area contributed by atoms with E-state index >= 15 is 0 Å². The Morgan fingerprint density at radius 1 is 1.25 bits per heavy atom. The molecule has 0 spiro atoms. The van der Waals surface area contributed by atoms with Crippen molar-refractivity contribution in [1.29, 1.82) is 0 Å². The zero-order valence-corrected chi connectivity index (χ0v) is 15.9. The van der Waals surface area contributed by atoms with Gasteiger partial charge in [-0.05, 0) is 30.2 Å². The molecule has 120 valence electrons. The molecule has 1 aliphatic carbocycles. The lowest BCUT2D eigenvalue weighted by atomic mass is 9.60. The van der Waals surface area contributed by atoms with E-state index < -0.39 is 13.7 Å². The van der Waals surface area contributed by atoms with E-state index in [1.54, 1.807) is 0 Å². The van der Waals surface area contributed by atoms with Gasteiger partial charge < -0.3 is 9.84 Å². The van der Waals surface area contributed by atoms with Crippen molar-refractivity contribution in [2.24, 2.45) is 17.3 Å². The third-order valence-electron chi connectivity index (χ3n) is 4.98. The van der Waals surface area contributed by atoms with Crippen molar-refractivity contribution >= 4 is 8.07 Å². The highest BCUT2D eigenvalue weighted by atomic mass is 28.3. The molecule has 1 rings (SSSR count). The van der Waals surface area contributed by atoms with E-state index in [2.05, 4.69) is 54.3 Å². The van der Waals surface area contributed by atoms with E-state index in [9.17, 15) is 5.11 Å². The average Bonchev–Trinajstić information content (AvgIpc) is 2.23. The molecule has 0 amide bonds. The highest BCUT2D eigenvalue weighted by molar-refractivity contribution is 6.76. The van der Waals surface area contributed by atoms with Crippen LogP contribution in [0, 0.1) is 17.3 Å². The average molecular weight is 301 g/mol. The standard InChI is InChI=1S/C17H36O2Si/c1-13(2)11-19-15-9-10-16(4,5)17(18,14(15)3)12-20(6,7)8/h13-15,18H,9-12H2,1-8H3. The summed E-state index contributed by atoms with van der Waals surface area (Å²) in [5.74, 6) is 0.777. The highest BCUT2D eigenvalue weighted by Crippen LogP contribution is 2.51. The van der Waals surface area contributed by atoms with Crippen LogP contribution in [0.4, 0.5) is 0 Å². The molecule has 1 saturated carbocycles. The lowest BCUT2D eigenvalue weighted by Gasteiger charge is -2.55. The molecule has 0 bridgehead atoms. The molecule has 1 N–H and O–H groups in total. The van der Waals surface area contributed by atoms with E-state index in [0.29, 0.717) is 5.92 Å². The molecule has 0 radical (unpaired) electrons. The van der Waals surface area contributed by atoms with Crippen molar-refractivity contribution in [3.8, 4) is 0 Å². The van der Waals surface area contributed by atoms with Crippen LogP contribution in [0.5, 0.6) is 0 Å². The predicted octanol–water partition coefficient (Wildman–Crippen LogP) is 4.55. The normalized spacial score (nSPS) is 34.5. The Morgan fingerprint density at radius 3 is 2.25 bits per heavy atom. The topological polar surface area (TPSA) is 29.5 Å². The molecule has 0 aromatic heterocycles. The van der Waals surface area contributed by atoms with Crippen LogP contribution in [0.3, 0.4) is 0 Å². The molecule has 0 aromatic carbocycles. The summed E-state index contributed by atoms with van der Waals surface area (Å²) in [6, 6.07) is 0.968. The molecule has 20 heavy (non-hydrogen) atoms. The van der Waals surface area contributed by atoms with Crippen LogP contribution < -0.4 is 0 Å². The summed E-state index contributed by atoms with van der Waals surface area (Å²) in [5, 5.41) is 11.5. The minimum atomic E-state index is -1.33. The third-order valence-corrected chi connectivity index (χ3v) is 6.58. The lowest BCUT2D eigenvalue weighted by molar-refractivity contribution is -0.174. The second kappa shape index (κ2) is 6.10. The maximum Gasteiger partial charge on any atom is 0.0725 e. The smallest absolute Gasteiger partial charge is 0.0725 e. The van der Waals surface area contributed by atoms with E-state index in [1.165, 1.54) is 0 Å². The quantitative estimate of drug-likeness (QED) is 0.755. The number of ether oxygens (including phenoxy) is 1. The monoisotopic (exact) mass is 300 g/mol. The van der Waals surface area contributed by atoms with E-state index in [1.807, 2.05) is 0 Å². The van der Waals surface area contributed by atoms with Gasteiger partial charge in [0, 0.05) is 20.6 Å². The molecule has 3 atom stereocenters. The van der Waals surface area contributed by atoms with Crippen LogP contribution in [0.25, 0.3) is 0 Å². The maximum atomic E-state index is 11.5. The fourth-order valence-electron chi connectivity index (χ4n) is 3.65. The summed E-state index contributed by atoms with van der Waals surface area (Å²) in [7, 11) is -1.33. The highest BCUT2D eigenvalue weighted by Gasteiger charge is 2.54. The van der Waals surface area contributed by atoms with Crippen molar-refractivity contribution in [3.05, 3.63) is 0 Å². The first kappa shape index (κ1) is 18.2. The van der Waals surface area contributed by atoms with E-state index in [0.717, 1.165) is 25.5 Å².